The molecule has 0 bridgehead atoms. The number of nitrogens with zero attached hydrogens (tertiary/aromatic N) is 3. The first-order valence-corrected chi connectivity index (χ1v) is 15.3. The van der Waals surface area contributed by atoms with Crippen LogP contribution in [-0.2, 0) is 17.9 Å². The van der Waals surface area contributed by atoms with E-state index >= 15 is 4.39 Å². The van der Waals surface area contributed by atoms with E-state index in [0.717, 1.165) is 17.5 Å². The quantitative estimate of drug-likeness (QED) is 0.143. The fourth-order valence-electron chi connectivity index (χ4n) is 5.30. The van der Waals surface area contributed by atoms with Gasteiger partial charge >= 0.3 is 0 Å². The van der Waals surface area contributed by atoms with E-state index in [9.17, 15) is 9.90 Å². The van der Waals surface area contributed by atoms with Gasteiger partial charge in [0.05, 0.1) is 35.1 Å². The van der Waals surface area contributed by atoms with Gasteiger partial charge in [-0.3, -0.25) is 14.7 Å². The average Bonchev–Trinajstić information content (AvgIpc) is 3.45. The Morgan fingerprint density at radius 1 is 1.09 bits per heavy atom. The van der Waals surface area contributed by atoms with Gasteiger partial charge in [-0.2, -0.15) is 0 Å². The minimum absolute atomic E-state index is 0.0183. The molecule has 1 atom stereocenters. The van der Waals surface area contributed by atoms with E-state index in [1.807, 2.05) is 29.2 Å². The van der Waals surface area contributed by atoms with Crippen LogP contribution in [0.2, 0.25) is 10.0 Å². The number of methoxy groups -OCH3 is 1. The predicted molar refractivity (Wildman–Crippen MR) is 175 cm³/mol. The van der Waals surface area contributed by atoms with Crippen LogP contribution in [0.3, 0.4) is 0 Å². The standard InChI is InChI=1S/C33H35Cl2FN6O3/c1-42(14-15-43)19-22-10-12-39-33(31(22)36)41-26-5-3-4-24(29(26)34)25-11-13-38-32(30(25)35)20-6-7-21(27(16-20)45-2)17-37-18-23-8-9-28(44)40-23/h3-7,10-13,16,23,37,43H,8-9,14-15,17-19H2,1-2H3,(H,39,41)(H,40,44)/t23-/m1/s1. The number of rotatable bonds is 13. The zero-order valence-corrected chi connectivity index (χ0v) is 26.6. The molecular weight excluding hydrogens is 618 g/mol. The Labute approximate surface area is 271 Å². The van der Waals surface area contributed by atoms with Gasteiger partial charge in [-0.15, -0.1) is 0 Å². The molecule has 5 rings (SSSR count). The Morgan fingerprint density at radius 3 is 2.64 bits per heavy atom. The molecule has 0 unspecified atom stereocenters. The zero-order chi connectivity index (χ0) is 31.9. The van der Waals surface area contributed by atoms with Gasteiger partial charge in [-0.1, -0.05) is 47.5 Å². The summed E-state index contributed by atoms with van der Waals surface area (Å²) < 4.78 is 21.0. The first-order chi connectivity index (χ1) is 21.8. The van der Waals surface area contributed by atoms with Gasteiger partial charge in [-0.05, 0) is 37.7 Å². The van der Waals surface area contributed by atoms with Gasteiger partial charge in [-0.25, -0.2) is 9.37 Å². The summed E-state index contributed by atoms with van der Waals surface area (Å²) >= 11 is 13.8. The molecule has 2 aromatic carbocycles. The van der Waals surface area contributed by atoms with Crippen molar-refractivity contribution in [2.75, 3.05) is 39.2 Å². The minimum Gasteiger partial charge on any atom is -0.496 e. The molecule has 4 N–H and O–H groups in total. The average molecular weight is 654 g/mol. The van der Waals surface area contributed by atoms with Crippen LogP contribution in [0, 0.1) is 5.82 Å². The second kappa shape index (κ2) is 15.0. The summed E-state index contributed by atoms with van der Waals surface area (Å²) in [5.74, 6) is 0.322. The number of carbonyl (C=O) groups is 1. The number of halogens is 3. The lowest BCUT2D eigenvalue weighted by Crippen LogP contribution is -2.35. The van der Waals surface area contributed by atoms with Crippen molar-refractivity contribution >= 4 is 40.6 Å². The van der Waals surface area contributed by atoms with Crippen molar-refractivity contribution in [2.24, 2.45) is 0 Å². The molecule has 0 spiro atoms. The fraction of sp³-hybridized carbons (Fsp3) is 0.303. The maximum atomic E-state index is 15.3. The van der Waals surface area contributed by atoms with Gasteiger partial charge in [0, 0.05) is 78.9 Å². The first-order valence-electron chi connectivity index (χ1n) is 14.6. The number of aromatic nitrogens is 2. The van der Waals surface area contributed by atoms with Gasteiger partial charge in [0.2, 0.25) is 5.91 Å². The second-order valence-corrected chi connectivity index (χ2v) is 11.6. The monoisotopic (exact) mass is 652 g/mol. The molecule has 12 heteroatoms. The largest absolute Gasteiger partial charge is 0.496 e. The van der Waals surface area contributed by atoms with Crippen LogP contribution in [0.1, 0.15) is 24.0 Å². The lowest BCUT2D eigenvalue weighted by Gasteiger charge is -2.18. The number of benzene rings is 2. The Hall–Kier alpha value is -3.80. The molecule has 45 heavy (non-hydrogen) atoms. The van der Waals surface area contributed by atoms with Gasteiger partial charge < -0.3 is 25.8 Å². The number of anilines is 2. The molecule has 0 radical (unpaired) electrons. The molecule has 4 aromatic rings. The normalized spacial score (nSPS) is 14.6. The fourth-order valence-corrected chi connectivity index (χ4v) is 5.90. The molecule has 0 aliphatic carbocycles. The number of amides is 1. The third-order valence-electron chi connectivity index (χ3n) is 7.67. The van der Waals surface area contributed by atoms with Crippen molar-refractivity contribution in [2.45, 2.75) is 32.0 Å². The van der Waals surface area contributed by atoms with Crippen LogP contribution in [0.25, 0.3) is 22.4 Å². The number of aliphatic hydroxyl groups is 1. The third-order valence-corrected chi connectivity index (χ3v) is 8.46. The lowest BCUT2D eigenvalue weighted by atomic mass is 10.0. The van der Waals surface area contributed by atoms with Crippen LogP contribution in [-0.4, -0.2) is 65.8 Å². The van der Waals surface area contributed by atoms with E-state index in [4.69, 9.17) is 27.9 Å². The predicted octanol–water partition coefficient (Wildman–Crippen LogP) is 5.80. The maximum Gasteiger partial charge on any atom is 0.220 e. The Kier molecular flexibility index (Phi) is 10.9. The number of aliphatic hydroxyl groups excluding tert-OH is 1. The van der Waals surface area contributed by atoms with Crippen LogP contribution in [0.5, 0.6) is 5.75 Å². The molecule has 0 saturated carbocycles. The van der Waals surface area contributed by atoms with Crippen LogP contribution in [0.4, 0.5) is 15.9 Å². The van der Waals surface area contributed by atoms with Crippen LogP contribution >= 0.6 is 23.2 Å². The van der Waals surface area contributed by atoms with Gasteiger partial charge in [0.25, 0.3) is 0 Å². The number of carbonyl (C=O) groups excluding carboxylic acids is 1. The number of hydrogen-bond donors (Lipinski definition) is 4. The Bertz CT molecular complexity index is 1670. The molecule has 236 valence electrons. The van der Waals surface area contributed by atoms with Crippen molar-refractivity contribution in [3.05, 3.63) is 87.9 Å². The lowest BCUT2D eigenvalue weighted by molar-refractivity contribution is -0.119. The zero-order valence-electron chi connectivity index (χ0n) is 25.0. The van der Waals surface area contributed by atoms with Gasteiger partial charge in [0.1, 0.15) is 5.75 Å². The topological polar surface area (TPSA) is 112 Å². The highest BCUT2D eigenvalue weighted by Gasteiger charge is 2.21. The van der Waals surface area contributed by atoms with Crippen molar-refractivity contribution in [3.8, 4) is 28.1 Å². The minimum atomic E-state index is -0.495. The first kappa shape index (κ1) is 32.6. The SMILES string of the molecule is COc1cc(-c2nccc(-c3cccc(Nc4nccc(CN(C)CCO)c4F)c3Cl)c2Cl)ccc1CNC[C@H]1CCC(=O)N1. The number of likely N-dealkylation sites (N-methyl/N-ethyl adjacent to an activating group) is 1. The smallest absolute Gasteiger partial charge is 0.220 e. The summed E-state index contributed by atoms with van der Waals surface area (Å²) in [4.78, 5) is 22.0. The molecule has 1 fully saturated rings. The van der Waals surface area contributed by atoms with E-state index < -0.39 is 5.82 Å². The highest BCUT2D eigenvalue weighted by atomic mass is 35.5. The molecule has 1 saturated heterocycles. The number of nitrogens with one attached hydrogen (secondary N) is 3. The maximum absolute atomic E-state index is 15.3. The van der Waals surface area contributed by atoms with E-state index in [1.54, 1.807) is 44.6 Å². The second-order valence-electron chi connectivity index (χ2n) is 10.9. The van der Waals surface area contributed by atoms with E-state index in [1.165, 1.54) is 6.20 Å². The molecule has 3 heterocycles. The number of ether oxygens (including phenoxy) is 1. The summed E-state index contributed by atoms with van der Waals surface area (Å²) in [6, 6.07) is 14.7. The summed E-state index contributed by atoms with van der Waals surface area (Å²) in [7, 11) is 3.42. The van der Waals surface area contributed by atoms with Crippen molar-refractivity contribution < 1.29 is 19.0 Å². The summed E-state index contributed by atoms with van der Waals surface area (Å²) in [6.45, 7) is 1.97. The highest BCUT2D eigenvalue weighted by Crippen LogP contribution is 2.41. The molecule has 1 amide bonds. The summed E-state index contributed by atoms with van der Waals surface area (Å²) in [5.41, 5.74) is 4.49. The Morgan fingerprint density at radius 2 is 1.89 bits per heavy atom. The molecular formula is C33H35Cl2FN6O3. The van der Waals surface area contributed by atoms with Gasteiger partial charge in [0.15, 0.2) is 11.6 Å². The summed E-state index contributed by atoms with van der Waals surface area (Å²) in [5, 5.41) is 19.3. The van der Waals surface area contributed by atoms with Crippen molar-refractivity contribution in [3.63, 3.8) is 0 Å². The molecule has 9 nitrogen and oxygen atoms in total. The molecule has 2 aromatic heterocycles. The van der Waals surface area contributed by atoms with E-state index in [2.05, 4.69) is 25.9 Å². The number of hydrogen-bond acceptors (Lipinski definition) is 8. The highest BCUT2D eigenvalue weighted by molar-refractivity contribution is 6.39. The van der Waals surface area contributed by atoms with Crippen molar-refractivity contribution in [1.82, 2.24) is 25.5 Å². The number of pyridine rings is 2. The van der Waals surface area contributed by atoms with E-state index in [0.29, 0.717) is 76.5 Å². The van der Waals surface area contributed by atoms with Crippen LogP contribution < -0.4 is 20.7 Å². The molecule has 1 aliphatic rings. The van der Waals surface area contributed by atoms with Crippen molar-refractivity contribution in [1.29, 1.82) is 0 Å². The van der Waals surface area contributed by atoms with E-state index in [-0.39, 0.29) is 24.4 Å². The Balaban J connectivity index is 1.37. The summed E-state index contributed by atoms with van der Waals surface area (Å²) in [6.07, 6.45) is 4.59. The third kappa shape index (κ3) is 7.71. The molecule has 1 aliphatic heterocycles. The van der Waals surface area contributed by atoms with Crippen LogP contribution in [0.15, 0.2) is 60.9 Å².